The zero-order valence-electron chi connectivity index (χ0n) is 13.5. The molecule has 130 valence electrons. The summed E-state index contributed by atoms with van der Waals surface area (Å²) in [4.78, 5) is 16.3. The number of hydrogen-bond acceptors (Lipinski definition) is 3. The lowest BCUT2D eigenvalue weighted by atomic mass is 9.95. The highest BCUT2D eigenvalue weighted by Crippen LogP contribution is 2.41. The lowest BCUT2D eigenvalue weighted by Crippen LogP contribution is -2.20. The maximum Gasteiger partial charge on any atom is 0.408 e. The normalized spacial score (nSPS) is 19.1. The van der Waals surface area contributed by atoms with Gasteiger partial charge in [-0.25, -0.2) is 4.79 Å². The van der Waals surface area contributed by atoms with Gasteiger partial charge in [-0.3, -0.25) is 4.98 Å². The molecule has 0 radical (unpaired) electrons. The Kier molecular flexibility index (Phi) is 4.53. The summed E-state index contributed by atoms with van der Waals surface area (Å²) in [5.74, 6) is 0. The van der Waals surface area contributed by atoms with E-state index in [4.69, 9.17) is 27.9 Å². The van der Waals surface area contributed by atoms with Gasteiger partial charge in [0, 0.05) is 33.6 Å². The molecule has 1 saturated heterocycles. The van der Waals surface area contributed by atoms with E-state index in [2.05, 4.69) is 10.3 Å². The molecule has 1 aliphatic rings. The highest BCUT2D eigenvalue weighted by molar-refractivity contribution is 6.33. The number of nitrogens with zero attached hydrogens (tertiary/aromatic N) is 1. The molecule has 0 unspecified atom stereocenters. The van der Waals surface area contributed by atoms with Gasteiger partial charge in [-0.2, -0.15) is 0 Å². The summed E-state index contributed by atoms with van der Waals surface area (Å²) in [7, 11) is 0. The van der Waals surface area contributed by atoms with Crippen molar-refractivity contribution in [2.24, 2.45) is 0 Å². The zero-order valence-corrected chi connectivity index (χ0v) is 15.0. The number of nitrogens with one attached hydrogen (secondary N) is 1. The minimum atomic E-state index is -0.582. The maximum atomic E-state index is 11.9. The molecular formula is C20H14Cl2N2O2. The summed E-state index contributed by atoms with van der Waals surface area (Å²) < 4.78 is 5.47. The molecule has 0 saturated carbocycles. The number of aromatic nitrogens is 1. The minimum absolute atomic E-state index is 0.408. The van der Waals surface area contributed by atoms with E-state index in [1.54, 1.807) is 30.6 Å². The number of hydrogen-bond donors (Lipinski definition) is 1. The van der Waals surface area contributed by atoms with Gasteiger partial charge in [0.25, 0.3) is 0 Å². The average Bonchev–Trinajstić information content (AvgIpc) is 3.06. The molecule has 2 heterocycles. The Hall–Kier alpha value is -2.56. The largest absolute Gasteiger partial charge is 0.439 e. The van der Waals surface area contributed by atoms with Crippen LogP contribution in [0.2, 0.25) is 10.0 Å². The summed E-state index contributed by atoms with van der Waals surface area (Å²) in [6, 6.07) is 16.6. The Labute approximate surface area is 160 Å². The first-order chi connectivity index (χ1) is 12.6. The highest BCUT2D eigenvalue weighted by Gasteiger charge is 2.38. The van der Waals surface area contributed by atoms with Gasteiger partial charge in [0.05, 0.1) is 0 Å². The second kappa shape index (κ2) is 6.98. The number of alkyl carbamates (subject to hydrolysis) is 1. The van der Waals surface area contributed by atoms with Crippen molar-refractivity contribution >= 4 is 29.3 Å². The third-order valence-electron chi connectivity index (χ3n) is 4.30. The number of rotatable bonds is 3. The molecule has 1 aliphatic heterocycles. The fourth-order valence-electron chi connectivity index (χ4n) is 3.07. The van der Waals surface area contributed by atoms with E-state index < -0.39 is 18.2 Å². The van der Waals surface area contributed by atoms with Crippen LogP contribution in [0, 0.1) is 0 Å². The van der Waals surface area contributed by atoms with Crippen LogP contribution in [0.3, 0.4) is 0 Å². The van der Waals surface area contributed by atoms with Crippen molar-refractivity contribution in [3.63, 3.8) is 0 Å². The zero-order chi connectivity index (χ0) is 18.1. The SMILES string of the molecule is O=C1N[C@@H](c2cncc(-c3ccccc3)c2)[C@H](c2cc(Cl)ccc2Cl)O1. The van der Waals surface area contributed by atoms with Crippen LogP contribution in [0.25, 0.3) is 11.1 Å². The fraction of sp³-hybridized carbons (Fsp3) is 0.100. The van der Waals surface area contributed by atoms with Crippen LogP contribution < -0.4 is 5.32 Å². The average molecular weight is 385 g/mol. The van der Waals surface area contributed by atoms with E-state index in [0.29, 0.717) is 15.6 Å². The number of benzene rings is 2. The summed E-state index contributed by atoms with van der Waals surface area (Å²) in [5.41, 5.74) is 3.50. The number of halogens is 2. The van der Waals surface area contributed by atoms with E-state index in [1.807, 2.05) is 36.4 Å². The Bertz CT molecular complexity index is 963. The van der Waals surface area contributed by atoms with Crippen molar-refractivity contribution < 1.29 is 9.53 Å². The summed E-state index contributed by atoms with van der Waals surface area (Å²) in [5, 5.41) is 3.86. The van der Waals surface area contributed by atoms with Gasteiger partial charge < -0.3 is 10.1 Å². The predicted molar refractivity (Wildman–Crippen MR) is 101 cm³/mol. The first-order valence-corrected chi connectivity index (χ1v) is 8.80. The molecule has 26 heavy (non-hydrogen) atoms. The molecule has 0 spiro atoms. The van der Waals surface area contributed by atoms with Crippen molar-refractivity contribution in [3.05, 3.63) is 88.2 Å². The van der Waals surface area contributed by atoms with Crippen LogP contribution in [0.5, 0.6) is 0 Å². The van der Waals surface area contributed by atoms with Crippen molar-refractivity contribution in [1.29, 1.82) is 0 Å². The van der Waals surface area contributed by atoms with Crippen LogP contribution in [-0.2, 0) is 4.74 Å². The van der Waals surface area contributed by atoms with Gasteiger partial charge in [-0.15, -0.1) is 0 Å². The van der Waals surface area contributed by atoms with Crippen LogP contribution in [0.4, 0.5) is 4.79 Å². The topological polar surface area (TPSA) is 51.2 Å². The molecular weight excluding hydrogens is 371 g/mol. The molecule has 1 N–H and O–H groups in total. The maximum absolute atomic E-state index is 11.9. The Morgan fingerprint density at radius 1 is 0.962 bits per heavy atom. The number of amides is 1. The second-order valence-electron chi connectivity index (χ2n) is 5.99. The van der Waals surface area contributed by atoms with Gasteiger partial charge in [0.2, 0.25) is 0 Å². The van der Waals surface area contributed by atoms with Crippen molar-refractivity contribution in [2.75, 3.05) is 0 Å². The number of cyclic esters (lactones) is 1. The third kappa shape index (κ3) is 3.26. The molecule has 1 fully saturated rings. The molecule has 0 aliphatic carbocycles. The van der Waals surface area contributed by atoms with Crippen molar-refractivity contribution in [2.45, 2.75) is 12.1 Å². The molecule has 3 aromatic rings. The Morgan fingerprint density at radius 2 is 1.77 bits per heavy atom. The summed E-state index contributed by atoms with van der Waals surface area (Å²) in [6.45, 7) is 0. The lowest BCUT2D eigenvalue weighted by Gasteiger charge is -2.19. The van der Waals surface area contributed by atoms with Crippen LogP contribution in [0.15, 0.2) is 67.0 Å². The van der Waals surface area contributed by atoms with Gasteiger partial charge in [0.1, 0.15) is 6.04 Å². The Balaban J connectivity index is 1.74. The molecule has 2 atom stereocenters. The van der Waals surface area contributed by atoms with E-state index in [0.717, 1.165) is 16.7 Å². The quantitative estimate of drug-likeness (QED) is 0.641. The van der Waals surface area contributed by atoms with Gasteiger partial charge in [-0.05, 0) is 35.4 Å². The molecule has 0 bridgehead atoms. The number of carbonyl (C=O) groups excluding carboxylic acids is 1. The standard InChI is InChI=1S/C20H14Cl2N2O2/c21-15-6-7-17(22)16(9-15)19-18(24-20(25)26-19)14-8-13(10-23-11-14)12-4-2-1-3-5-12/h1-11,18-19H,(H,24,25)/t18-,19-/m0/s1. The second-order valence-corrected chi connectivity index (χ2v) is 6.83. The summed E-state index contributed by atoms with van der Waals surface area (Å²) >= 11 is 12.4. The van der Waals surface area contributed by atoms with E-state index in [1.165, 1.54) is 0 Å². The number of pyridine rings is 1. The fourth-order valence-corrected chi connectivity index (χ4v) is 3.48. The van der Waals surface area contributed by atoms with E-state index in [9.17, 15) is 4.79 Å². The molecule has 6 heteroatoms. The lowest BCUT2D eigenvalue weighted by molar-refractivity contribution is 0.132. The molecule has 2 aromatic carbocycles. The smallest absolute Gasteiger partial charge is 0.408 e. The first kappa shape index (κ1) is 16.9. The highest BCUT2D eigenvalue weighted by atomic mass is 35.5. The van der Waals surface area contributed by atoms with Gasteiger partial charge in [0.15, 0.2) is 6.10 Å². The van der Waals surface area contributed by atoms with Crippen LogP contribution in [0.1, 0.15) is 23.3 Å². The van der Waals surface area contributed by atoms with Crippen molar-refractivity contribution in [3.8, 4) is 11.1 Å². The molecule has 1 amide bonds. The van der Waals surface area contributed by atoms with Crippen LogP contribution >= 0.6 is 23.2 Å². The van der Waals surface area contributed by atoms with E-state index >= 15 is 0 Å². The summed E-state index contributed by atoms with van der Waals surface area (Å²) in [6.07, 6.45) is 2.43. The molecule has 1 aromatic heterocycles. The first-order valence-electron chi connectivity index (χ1n) is 8.04. The predicted octanol–water partition coefficient (Wildman–Crippen LogP) is 5.58. The molecule has 4 nitrogen and oxygen atoms in total. The van der Waals surface area contributed by atoms with Crippen LogP contribution in [-0.4, -0.2) is 11.1 Å². The van der Waals surface area contributed by atoms with Gasteiger partial charge >= 0.3 is 6.09 Å². The minimum Gasteiger partial charge on any atom is -0.439 e. The third-order valence-corrected chi connectivity index (χ3v) is 4.88. The van der Waals surface area contributed by atoms with E-state index in [-0.39, 0.29) is 0 Å². The number of ether oxygens (including phenoxy) is 1. The number of carbonyl (C=O) groups is 1. The Morgan fingerprint density at radius 3 is 2.58 bits per heavy atom. The van der Waals surface area contributed by atoms with Gasteiger partial charge in [-0.1, -0.05) is 53.5 Å². The van der Waals surface area contributed by atoms with Crippen molar-refractivity contribution in [1.82, 2.24) is 10.3 Å². The molecule has 4 rings (SSSR count). The monoisotopic (exact) mass is 384 g/mol.